The number of halogens is 2. The van der Waals surface area contributed by atoms with Gasteiger partial charge in [0.05, 0.1) is 10.0 Å². The highest BCUT2D eigenvalue weighted by molar-refractivity contribution is 6.35. The Labute approximate surface area is 98.2 Å². The number of nitrogens with one attached hydrogen (secondary N) is 2. The number of pyridine rings is 1. The third-order valence-electron chi connectivity index (χ3n) is 3.20. The monoisotopic (exact) mass is 243 g/mol. The van der Waals surface area contributed by atoms with E-state index < -0.39 is 0 Å². The van der Waals surface area contributed by atoms with Crippen LogP contribution in [0.4, 0.5) is 5.82 Å². The van der Waals surface area contributed by atoms with Crippen LogP contribution in [-0.2, 0) is 0 Å². The van der Waals surface area contributed by atoms with Crippen molar-refractivity contribution < 1.29 is 0 Å². The van der Waals surface area contributed by atoms with Crippen molar-refractivity contribution in [1.82, 2.24) is 10.3 Å². The Morgan fingerprint density at radius 3 is 2.73 bits per heavy atom. The van der Waals surface area contributed by atoms with Crippen molar-refractivity contribution in [3.05, 3.63) is 22.3 Å². The van der Waals surface area contributed by atoms with E-state index in [1.165, 1.54) is 0 Å². The van der Waals surface area contributed by atoms with Crippen molar-refractivity contribution in [3.63, 3.8) is 0 Å². The maximum absolute atomic E-state index is 6.03. The van der Waals surface area contributed by atoms with Crippen molar-refractivity contribution >= 4 is 29.0 Å². The van der Waals surface area contributed by atoms with E-state index in [0.29, 0.717) is 16.1 Å². The van der Waals surface area contributed by atoms with Crippen molar-refractivity contribution in [3.8, 4) is 0 Å². The molecule has 0 aromatic carbocycles. The average Bonchev–Trinajstić information content (AvgIpc) is 2.66. The van der Waals surface area contributed by atoms with Gasteiger partial charge in [0.2, 0.25) is 0 Å². The second-order valence-corrected chi connectivity index (χ2v) is 4.98. The van der Waals surface area contributed by atoms with Gasteiger partial charge in [-0.3, -0.25) is 0 Å². The maximum Gasteiger partial charge on any atom is 0.145 e. The molecule has 15 heavy (non-hydrogen) atoms. The molecule has 1 saturated carbocycles. The molecule has 2 unspecified atom stereocenters. The molecule has 2 N–H and O–H groups in total. The molecule has 0 bridgehead atoms. The van der Waals surface area contributed by atoms with Crippen molar-refractivity contribution in [2.45, 2.75) is 6.04 Å². The fourth-order valence-electron chi connectivity index (χ4n) is 2.31. The minimum Gasteiger partial charge on any atom is -0.365 e. The zero-order valence-electron chi connectivity index (χ0n) is 8.00. The first-order valence-corrected chi connectivity index (χ1v) is 5.79. The lowest BCUT2D eigenvalue weighted by atomic mass is 10.4. The normalized spacial score (nSPS) is 32.5. The molecule has 0 radical (unpaired) electrons. The van der Waals surface area contributed by atoms with E-state index >= 15 is 0 Å². The lowest BCUT2D eigenvalue weighted by Gasteiger charge is -2.09. The number of piperidine rings is 1. The molecule has 0 amide bonds. The fraction of sp³-hybridized carbons (Fsp3) is 0.500. The van der Waals surface area contributed by atoms with Crippen LogP contribution in [0.2, 0.25) is 10.0 Å². The number of hydrogen-bond acceptors (Lipinski definition) is 3. The van der Waals surface area contributed by atoms with Gasteiger partial charge in [0, 0.05) is 25.3 Å². The number of hydrogen-bond donors (Lipinski definition) is 2. The number of fused-ring (bicyclic) bond motifs is 1. The average molecular weight is 244 g/mol. The molecule has 3 nitrogen and oxygen atoms in total. The molecule has 0 spiro atoms. The molecule has 5 heteroatoms. The van der Waals surface area contributed by atoms with Gasteiger partial charge >= 0.3 is 0 Å². The zero-order valence-corrected chi connectivity index (χ0v) is 9.52. The van der Waals surface area contributed by atoms with Crippen molar-refractivity contribution in [2.24, 2.45) is 11.8 Å². The van der Waals surface area contributed by atoms with Crippen LogP contribution in [0.5, 0.6) is 0 Å². The number of nitrogens with zero attached hydrogens (tertiary/aromatic N) is 1. The molecule has 1 saturated heterocycles. The molecule has 80 valence electrons. The summed E-state index contributed by atoms with van der Waals surface area (Å²) in [6, 6.07) is 2.26. The lowest BCUT2D eigenvalue weighted by molar-refractivity contribution is 0.695. The molecule has 1 aromatic heterocycles. The Morgan fingerprint density at radius 1 is 1.33 bits per heavy atom. The fourth-order valence-corrected chi connectivity index (χ4v) is 2.75. The van der Waals surface area contributed by atoms with Crippen LogP contribution in [0.3, 0.4) is 0 Å². The van der Waals surface area contributed by atoms with E-state index in [0.717, 1.165) is 30.7 Å². The van der Waals surface area contributed by atoms with Crippen LogP contribution in [0.1, 0.15) is 0 Å². The Morgan fingerprint density at radius 2 is 2.07 bits per heavy atom. The summed E-state index contributed by atoms with van der Waals surface area (Å²) in [5.41, 5.74) is 0. The Hall–Kier alpha value is -0.510. The van der Waals surface area contributed by atoms with E-state index in [1.807, 2.05) is 0 Å². The number of rotatable bonds is 2. The van der Waals surface area contributed by atoms with E-state index in [-0.39, 0.29) is 0 Å². The first kappa shape index (κ1) is 9.70. The molecule has 3 rings (SSSR count). The van der Waals surface area contributed by atoms with Gasteiger partial charge in [0.1, 0.15) is 5.82 Å². The first-order chi connectivity index (χ1) is 7.25. The van der Waals surface area contributed by atoms with Crippen LogP contribution >= 0.6 is 23.2 Å². The van der Waals surface area contributed by atoms with Gasteiger partial charge in [-0.2, -0.15) is 0 Å². The van der Waals surface area contributed by atoms with E-state index in [1.54, 1.807) is 12.3 Å². The summed E-state index contributed by atoms with van der Waals surface area (Å²) in [6.45, 7) is 2.21. The highest BCUT2D eigenvalue weighted by atomic mass is 35.5. The molecule has 2 atom stereocenters. The second kappa shape index (κ2) is 3.51. The summed E-state index contributed by atoms with van der Waals surface area (Å²) < 4.78 is 0. The van der Waals surface area contributed by atoms with Crippen molar-refractivity contribution in [1.29, 1.82) is 0 Å². The van der Waals surface area contributed by atoms with Crippen LogP contribution in [0.15, 0.2) is 12.3 Å². The first-order valence-electron chi connectivity index (χ1n) is 5.04. The van der Waals surface area contributed by atoms with Gasteiger partial charge in [-0.1, -0.05) is 23.2 Å². The minimum absolute atomic E-state index is 0.539. The predicted octanol–water partition coefficient (Wildman–Crippen LogP) is 2.02. The van der Waals surface area contributed by atoms with Gasteiger partial charge in [0.15, 0.2) is 0 Å². The third-order valence-corrected chi connectivity index (χ3v) is 3.70. The third kappa shape index (κ3) is 1.69. The molecule has 2 aliphatic rings. The van der Waals surface area contributed by atoms with Gasteiger partial charge in [0.25, 0.3) is 0 Å². The van der Waals surface area contributed by atoms with Crippen LogP contribution in [-0.4, -0.2) is 24.1 Å². The quantitative estimate of drug-likeness (QED) is 0.835. The Balaban J connectivity index is 1.72. The maximum atomic E-state index is 6.03. The summed E-state index contributed by atoms with van der Waals surface area (Å²) in [5.74, 6) is 2.25. The standard InChI is InChI=1S/C10H11Cl2N3/c11-5-1-8(12)10(14-2-5)15-9-6-3-13-4-7(6)9/h1-2,6-7,9,13H,3-4H2,(H,14,15). The van der Waals surface area contributed by atoms with E-state index in [9.17, 15) is 0 Å². The SMILES string of the molecule is Clc1cnc(NC2C3CNCC32)c(Cl)c1. The second-order valence-electron chi connectivity index (χ2n) is 4.14. The molecule has 1 aliphatic heterocycles. The summed E-state index contributed by atoms with van der Waals surface area (Å²) in [6.07, 6.45) is 1.62. The summed E-state index contributed by atoms with van der Waals surface area (Å²) in [7, 11) is 0. The van der Waals surface area contributed by atoms with Gasteiger partial charge in [-0.25, -0.2) is 4.98 Å². The van der Waals surface area contributed by atoms with Gasteiger partial charge in [-0.15, -0.1) is 0 Å². The molecular formula is C10H11Cl2N3. The van der Waals surface area contributed by atoms with Crippen LogP contribution in [0, 0.1) is 11.8 Å². The van der Waals surface area contributed by atoms with Crippen LogP contribution < -0.4 is 10.6 Å². The highest BCUT2D eigenvalue weighted by Gasteiger charge is 2.53. The minimum atomic E-state index is 0.539. The Kier molecular flexibility index (Phi) is 2.27. The Bertz CT molecular complexity index is 386. The molecule has 1 aromatic rings. The number of aromatic nitrogens is 1. The molecule has 2 fully saturated rings. The highest BCUT2D eigenvalue weighted by Crippen LogP contribution is 2.44. The smallest absolute Gasteiger partial charge is 0.145 e. The van der Waals surface area contributed by atoms with Crippen molar-refractivity contribution in [2.75, 3.05) is 18.4 Å². The van der Waals surface area contributed by atoms with E-state index in [2.05, 4.69) is 15.6 Å². The summed E-state index contributed by atoms with van der Waals surface area (Å²) >= 11 is 11.8. The largest absolute Gasteiger partial charge is 0.365 e. The number of anilines is 1. The molecular weight excluding hydrogens is 233 g/mol. The summed E-state index contributed by atoms with van der Waals surface area (Å²) in [4.78, 5) is 4.19. The van der Waals surface area contributed by atoms with E-state index in [4.69, 9.17) is 23.2 Å². The molecule has 2 heterocycles. The summed E-state index contributed by atoms with van der Waals surface area (Å²) in [5, 5.41) is 7.89. The van der Waals surface area contributed by atoms with Gasteiger partial charge < -0.3 is 10.6 Å². The lowest BCUT2D eigenvalue weighted by Crippen LogP contribution is -2.21. The predicted molar refractivity (Wildman–Crippen MR) is 61.5 cm³/mol. The topological polar surface area (TPSA) is 37.0 Å². The molecule has 1 aliphatic carbocycles. The van der Waals surface area contributed by atoms with Gasteiger partial charge in [-0.05, 0) is 17.9 Å². The van der Waals surface area contributed by atoms with Crippen LogP contribution in [0.25, 0.3) is 0 Å². The zero-order chi connectivity index (χ0) is 10.4.